The summed E-state index contributed by atoms with van der Waals surface area (Å²) >= 11 is 3.65. The molecule has 7 unspecified atom stereocenters. The number of likely N-dealkylation sites (N-methyl/N-ethyl adjacent to an activating group) is 1. The SMILES string of the molecule is CC[C@H]1C2CC3C4N(C)c5ccc(Br)cc5C45CC(C2[C@@H]5O)N3[C@@H]1O. The van der Waals surface area contributed by atoms with E-state index in [1.54, 1.807) is 0 Å². The highest BCUT2D eigenvalue weighted by atomic mass is 79.9. The molecule has 2 N–H and O–H groups in total. The number of rotatable bonds is 1. The van der Waals surface area contributed by atoms with Gasteiger partial charge in [0.2, 0.25) is 0 Å². The number of hydrogen-bond donors (Lipinski definition) is 2. The Balaban J connectivity index is 1.59. The van der Waals surface area contributed by atoms with Crippen molar-refractivity contribution in [2.75, 3.05) is 11.9 Å². The molecule has 0 amide bonds. The first-order valence-electron chi connectivity index (χ1n) is 9.67. The number of aliphatic hydroxyl groups is 2. The Hall–Kier alpha value is -0.620. The molecule has 7 rings (SSSR count). The Labute approximate surface area is 156 Å². The number of benzene rings is 1. The van der Waals surface area contributed by atoms with Crippen LogP contribution in [0, 0.1) is 17.8 Å². The second-order valence-corrected chi connectivity index (χ2v) is 9.87. The molecule has 4 saturated heterocycles. The second kappa shape index (κ2) is 4.61. The second-order valence-electron chi connectivity index (χ2n) is 8.95. The summed E-state index contributed by atoms with van der Waals surface area (Å²) in [5, 5.41) is 22.7. The third-order valence-corrected chi connectivity index (χ3v) is 9.01. The maximum absolute atomic E-state index is 11.7. The largest absolute Gasteiger partial charge is 0.392 e. The van der Waals surface area contributed by atoms with Gasteiger partial charge in [0.05, 0.1) is 12.1 Å². The topological polar surface area (TPSA) is 46.9 Å². The number of anilines is 1. The van der Waals surface area contributed by atoms with Crippen molar-refractivity contribution in [1.29, 1.82) is 0 Å². The molecule has 4 nitrogen and oxygen atoms in total. The molecule has 5 bridgehead atoms. The first-order valence-corrected chi connectivity index (χ1v) is 10.5. The molecule has 1 saturated carbocycles. The zero-order chi connectivity index (χ0) is 17.2. The van der Waals surface area contributed by atoms with Gasteiger partial charge in [-0.05, 0) is 48.9 Å². The fraction of sp³-hybridized carbons (Fsp3) is 0.700. The summed E-state index contributed by atoms with van der Waals surface area (Å²) in [7, 11) is 2.18. The number of hydrogen-bond acceptors (Lipinski definition) is 4. The van der Waals surface area contributed by atoms with Gasteiger partial charge in [-0.2, -0.15) is 0 Å². The maximum Gasteiger partial charge on any atom is 0.111 e. The molecule has 5 heteroatoms. The van der Waals surface area contributed by atoms with Crippen molar-refractivity contribution in [2.24, 2.45) is 17.8 Å². The van der Waals surface area contributed by atoms with Crippen LogP contribution >= 0.6 is 15.9 Å². The number of nitrogens with zero attached hydrogens (tertiary/aromatic N) is 2. The van der Waals surface area contributed by atoms with E-state index in [0.29, 0.717) is 29.8 Å². The van der Waals surface area contributed by atoms with E-state index in [2.05, 4.69) is 57.9 Å². The fourth-order valence-corrected chi connectivity index (χ4v) is 8.26. The van der Waals surface area contributed by atoms with Crippen molar-refractivity contribution in [2.45, 2.75) is 62.1 Å². The Morgan fingerprint density at radius 2 is 2.08 bits per heavy atom. The molecular formula is C20H25BrN2O2. The lowest BCUT2D eigenvalue weighted by Crippen LogP contribution is -2.72. The van der Waals surface area contributed by atoms with Gasteiger partial charge in [0.15, 0.2) is 0 Å². The Morgan fingerprint density at radius 3 is 2.84 bits per heavy atom. The number of piperidine rings is 4. The van der Waals surface area contributed by atoms with Gasteiger partial charge in [0.1, 0.15) is 6.23 Å². The predicted octanol–water partition coefficient (Wildman–Crippen LogP) is 2.32. The quantitative estimate of drug-likeness (QED) is 0.753. The van der Waals surface area contributed by atoms with Crippen LogP contribution in [0.5, 0.6) is 0 Å². The van der Waals surface area contributed by atoms with Crippen molar-refractivity contribution in [3.8, 4) is 0 Å². The van der Waals surface area contributed by atoms with Crippen LogP contribution < -0.4 is 4.90 Å². The third kappa shape index (κ3) is 1.47. The van der Waals surface area contributed by atoms with Gasteiger partial charge in [-0.25, -0.2) is 0 Å². The predicted molar refractivity (Wildman–Crippen MR) is 99.4 cm³/mol. The minimum Gasteiger partial charge on any atom is -0.392 e. The van der Waals surface area contributed by atoms with Gasteiger partial charge in [0, 0.05) is 46.5 Å². The number of fused-ring (bicyclic) bond motifs is 2. The molecule has 134 valence electrons. The molecule has 10 atom stereocenters. The number of halogens is 1. The van der Waals surface area contributed by atoms with Crippen LogP contribution in [-0.4, -0.2) is 52.6 Å². The van der Waals surface area contributed by atoms with Gasteiger partial charge in [0.25, 0.3) is 0 Å². The minimum absolute atomic E-state index is 0.165. The van der Waals surface area contributed by atoms with E-state index in [1.165, 1.54) is 11.3 Å². The maximum atomic E-state index is 11.7. The normalized spacial score (nSPS) is 54.1. The zero-order valence-corrected chi connectivity index (χ0v) is 16.2. The highest BCUT2D eigenvalue weighted by Crippen LogP contribution is 2.69. The van der Waals surface area contributed by atoms with Gasteiger partial charge >= 0.3 is 0 Å². The molecule has 0 radical (unpaired) electrons. The van der Waals surface area contributed by atoms with Crippen LogP contribution in [0.25, 0.3) is 0 Å². The van der Waals surface area contributed by atoms with Crippen LogP contribution in [-0.2, 0) is 5.41 Å². The van der Waals surface area contributed by atoms with Gasteiger partial charge < -0.3 is 15.1 Å². The Kier molecular flexibility index (Phi) is 2.85. The Bertz CT molecular complexity index is 772. The van der Waals surface area contributed by atoms with E-state index in [0.717, 1.165) is 23.7 Å². The smallest absolute Gasteiger partial charge is 0.111 e. The van der Waals surface area contributed by atoms with Crippen LogP contribution in [0.2, 0.25) is 0 Å². The monoisotopic (exact) mass is 404 g/mol. The van der Waals surface area contributed by atoms with E-state index in [-0.39, 0.29) is 23.8 Å². The van der Waals surface area contributed by atoms with Crippen LogP contribution in [0.15, 0.2) is 22.7 Å². The summed E-state index contributed by atoms with van der Waals surface area (Å²) in [6.45, 7) is 2.19. The molecule has 1 spiro atoms. The minimum atomic E-state index is -0.331. The van der Waals surface area contributed by atoms with Gasteiger partial charge in [-0.1, -0.05) is 22.9 Å². The van der Waals surface area contributed by atoms with Crippen molar-refractivity contribution < 1.29 is 10.2 Å². The van der Waals surface area contributed by atoms with Crippen molar-refractivity contribution >= 4 is 21.6 Å². The Morgan fingerprint density at radius 1 is 1.28 bits per heavy atom. The van der Waals surface area contributed by atoms with E-state index < -0.39 is 0 Å². The summed E-state index contributed by atoms with van der Waals surface area (Å²) in [6, 6.07) is 7.50. The average molecular weight is 405 g/mol. The van der Waals surface area contributed by atoms with E-state index in [1.807, 2.05) is 0 Å². The summed E-state index contributed by atoms with van der Waals surface area (Å²) in [6.07, 6.45) is 2.47. The summed E-state index contributed by atoms with van der Waals surface area (Å²) in [5.41, 5.74) is 2.42. The molecule has 1 aliphatic carbocycles. The highest BCUT2D eigenvalue weighted by Gasteiger charge is 2.76. The van der Waals surface area contributed by atoms with Crippen molar-refractivity contribution in [1.82, 2.24) is 4.90 Å². The van der Waals surface area contributed by atoms with Crippen molar-refractivity contribution in [3.63, 3.8) is 0 Å². The molecular weight excluding hydrogens is 380 g/mol. The molecule has 0 aromatic heterocycles. The lowest BCUT2D eigenvalue weighted by atomic mass is 9.62. The standard InChI is InChI=1S/C20H25BrN2O2/c1-3-10-11-7-14-17-20(12-6-9(21)4-5-13(12)22(17)2)8-15(16(11)18(20)24)23(14)19(10)25/h4-6,10-11,14-19,24-25H,3,7-8H2,1-2H3/t10-,11?,14?,15?,16?,17?,18-,19+,20?/m0/s1. The van der Waals surface area contributed by atoms with Crippen LogP contribution in [0.3, 0.4) is 0 Å². The molecule has 5 fully saturated rings. The lowest BCUT2D eigenvalue weighted by molar-refractivity contribution is -0.211. The van der Waals surface area contributed by atoms with Gasteiger partial charge in [-0.3, -0.25) is 4.90 Å². The summed E-state index contributed by atoms with van der Waals surface area (Å²) in [4.78, 5) is 4.82. The first-order chi connectivity index (χ1) is 12.0. The summed E-state index contributed by atoms with van der Waals surface area (Å²) in [5.74, 6) is 1.09. The first kappa shape index (κ1) is 15.4. The van der Waals surface area contributed by atoms with E-state index in [4.69, 9.17) is 0 Å². The van der Waals surface area contributed by atoms with Gasteiger partial charge in [-0.15, -0.1) is 0 Å². The van der Waals surface area contributed by atoms with E-state index in [9.17, 15) is 10.2 Å². The molecule has 5 aliphatic heterocycles. The number of aliphatic hydroxyl groups excluding tert-OH is 2. The zero-order valence-electron chi connectivity index (χ0n) is 14.6. The van der Waals surface area contributed by atoms with E-state index >= 15 is 0 Å². The molecule has 25 heavy (non-hydrogen) atoms. The van der Waals surface area contributed by atoms with Crippen molar-refractivity contribution in [3.05, 3.63) is 28.2 Å². The summed E-state index contributed by atoms with van der Waals surface area (Å²) < 4.78 is 1.10. The highest BCUT2D eigenvalue weighted by molar-refractivity contribution is 9.10. The fourth-order valence-electron chi connectivity index (χ4n) is 7.89. The van der Waals surface area contributed by atoms with Crippen LogP contribution in [0.1, 0.15) is 31.7 Å². The third-order valence-electron chi connectivity index (χ3n) is 8.52. The van der Waals surface area contributed by atoms with Crippen LogP contribution in [0.4, 0.5) is 5.69 Å². The molecule has 5 heterocycles. The molecule has 1 aromatic rings. The molecule has 6 aliphatic rings. The lowest BCUT2D eigenvalue weighted by Gasteiger charge is -2.62. The molecule has 1 aromatic carbocycles. The average Bonchev–Trinajstić information content (AvgIpc) is 2.96.